The van der Waals surface area contributed by atoms with E-state index < -0.39 is 5.97 Å². The lowest BCUT2D eigenvalue weighted by atomic mass is 10.0. The minimum Gasteiger partial charge on any atom is -0.478 e. The Morgan fingerprint density at radius 2 is 2.24 bits per heavy atom. The smallest absolute Gasteiger partial charge is 0.328 e. The first-order valence-corrected chi connectivity index (χ1v) is 7.59. The summed E-state index contributed by atoms with van der Waals surface area (Å²) in [5.41, 5.74) is 1.18. The standard InChI is InChI=1S/C17H22FNO2/c1-2-14-8-4-3-5-12-19(14)17-13(10-11-16(20)21)7-6-9-15(17)18/h6-7,9-11,14H,2-5,8,12H2,1H3,(H,20,21)/b11-10+. The molecule has 0 aliphatic carbocycles. The third-order valence-corrected chi connectivity index (χ3v) is 4.06. The Hall–Kier alpha value is -1.84. The summed E-state index contributed by atoms with van der Waals surface area (Å²) in [6.45, 7) is 2.95. The molecule has 21 heavy (non-hydrogen) atoms. The van der Waals surface area contributed by atoms with Crippen LogP contribution in [-0.2, 0) is 4.79 Å². The number of carboxylic acid groups (broad SMARTS) is 1. The molecule has 0 bridgehead atoms. The Morgan fingerprint density at radius 1 is 1.43 bits per heavy atom. The fourth-order valence-corrected chi connectivity index (χ4v) is 3.03. The van der Waals surface area contributed by atoms with Gasteiger partial charge in [-0.25, -0.2) is 9.18 Å². The minimum absolute atomic E-state index is 0.275. The fourth-order valence-electron chi connectivity index (χ4n) is 3.03. The number of carboxylic acids is 1. The molecule has 114 valence electrons. The number of rotatable bonds is 4. The second-order valence-electron chi connectivity index (χ2n) is 5.45. The molecule has 1 aliphatic heterocycles. The molecule has 1 N–H and O–H groups in total. The zero-order valence-corrected chi connectivity index (χ0v) is 12.4. The molecule has 0 spiro atoms. The van der Waals surface area contributed by atoms with E-state index >= 15 is 0 Å². The van der Waals surface area contributed by atoms with Crippen molar-refractivity contribution in [2.75, 3.05) is 11.4 Å². The number of para-hydroxylation sites is 1. The lowest BCUT2D eigenvalue weighted by Gasteiger charge is -2.33. The predicted octanol–water partition coefficient (Wildman–Crippen LogP) is 4.08. The molecular weight excluding hydrogens is 269 g/mol. The van der Waals surface area contributed by atoms with Gasteiger partial charge in [0, 0.05) is 24.2 Å². The van der Waals surface area contributed by atoms with E-state index in [2.05, 4.69) is 11.8 Å². The van der Waals surface area contributed by atoms with Crippen LogP contribution in [0.15, 0.2) is 24.3 Å². The number of hydrogen-bond acceptors (Lipinski definition) is 2. The van der Waals surface area contributed by atoms with E-state index in [4.69, 9.17) is 5.11 Å². The van der Waals surface area contributed by atoms with Crippen LogP contribution in [0, 0.1) is 5.82 Å². The average Bonchev–Trinajstić information content (AvgIpc) is 2.70. The fraction of sp³-hybridized carbons (Fsp3) is 0.471. The largest absolute Gasteiger partial charge is 0.478 e. The summed E-state index contributed by atoms with van der Waals surface area (Å²) in [4.78, 5) is 12.9. The van der Waals surface area contributed by atoms with Gasteiger partial charge in [-0.15, -0.1) is 0 Å². The van der Waals surface area contributed by atoms with Crippen LogP contribution in [-0.4, -0.2) is 23.7 Å². The van der Waals surface area contributed by atoms with Crippen molar-refractivity contribution in [3.8, 4) is 0 Å². The third-order valence-electron chi connectivity index (χ3n) is 4.06. The van der Waals surface area contributed by atoms with Crippen LogP contribution >= 0.6 is 0 Å². The maximum absolute atomic E-state index is 14.4. The van der Waals surface area contributed by atoms with Crippen LogP contribution in [0.5, 0.6) is 0 Å². The van der Waals surface area contributed by atoms with E-state index in [1.54, 1.807) is 12.1 Å². The van der Waals surface area contributed by atoms with Gasteiger partial charge in [-0.3, -0.25) is 0 Å². The van der Waals surface area contributed by atoms with Crippen LogP contribution in [0.1, 0.15) is 44.6 Å². The third kappa shape index (κ3) is 3.84. The molecule has 1 aromatic carbocycles. The second-order valence-corrected chi connectivity index (χ2v) is 5.45. The molecule has 1 atom stereocenters. The summed E-state index contributed by atoms with van der Waals surface area (Å²) in [5.74, 6) is -1.30. The number of carbonyl (C=O) groups is 1. The van der Waals surface area contributed by atoms with E-state index in [1.807, 2.05) is 0 Å². The summed E-state index contributed by atoms with van der Waals surface area (Å²) < 4.78 is 14.4. The van der Waals surface area contributed by atoms with E-state index in [-0.39, 0.29) is 5.82 Å². The highest BCUT2D eigenvalue weighted by Crippen LogP contribution is 2.32. The number of nitrogens with zero attached hydrogens (tertiary/aromatic N) is 1. The summed E-state index contributed by atoms with van der Waals surface area (Å²) in [5, 5.41) is 8.79. The number of aliphatic carboxylic acids is 1. The highest BCUT2D eigenvalue weighted by atomic mass is 19.1. The van der Waals surface area contributed by atoms with E-state index in [9.17, 15) is 9.18 Å². The molecule has 0 radical (unpaired) electrons. The Bertz CT molecular complexity index is 528. The van der Waals surface area contributed by atoms with Gasteiger partial charge in [0.2, 0.25) is 0 Å². The van der Waals surface area contributed by atoms with Gasteiger partial charge in [0.1, 0.15) is 5.82 Å². The van der Waals surface area contributed by atoms with Crippen molar-refractivity contribution in [1.29, 1.82) is 0 Å². The highest BCUT2D eigenvalue weighted by Gasteiger charge is 2.23. The van der Waals surface area contributed by atoms with Crippen molar-refractivity contribution in [1.82, 2.24) is 0 Å². The molecule has 0 saturated carbocycles. The van der Waals surface area contributed by atoms with Crippen molar-refractivity contribution >= 4 is 17.7 Å². The zero-order valence-electron chi connectivity index (χ0n) is 12.4. The SMILES string of the molecule is CCC1CCCCCN1c1c(F)cccc1/C=C/C(=O)O. The quantitative estimate of drug-likeness (QED) is 0.850. The summed E-state index contributed by atoms with van der Waals surface area (Å²) in [6.07, 6.45) is 7.97. The summed E-state index contributed by atoms with van der Waals surface area (Å²) >= 11 is 0. The Morgan fingerprint density at radius 3 is 2.95 bits per heavy atom. The molecular formula is C17H22FNO2. The van der Waals surface area contributed by atoms with Crippen molar-refractivity contribution in [3.05, 3.63) is 35.7 Å². The Balaban J connectivity index is 2.42. The first-order valence-electron chi connectivity index (χ1n) is 7.59. The van der Waals surface area contributed by atoms with E-state index in [0.29, 0.717) is 17.3 Å². The molecule has 2 rings (SSSR count). The van der Waals surface area contributed by atoms with Gasteiger partial charge in [0.25, 0.3) is 0 Å². The predicted molar refractivity (Wildman–Crippen MR) is 83.0 cm³/mol. The molecule has 1 fully saturated rings. The molecule has 3 nitrogen and oxygen atoms in total. The van der Waals surface area contributed by atoms with Crippen LogP contribution in [0.3, 0.4) is 0 Å². The molecule has 1 unspecified atom stereocenters. The van der Waals surface area contributed by atoms with E-state index in [0.717, 1.165) is 31.9 Å². The van der Waals surface area contributed by atoms with Crippen molar-refractivity contribution in [3.63, 3.8) is 0 Å². The monoisotopic (exact) mass is 291 g/mol. The Labute approximate surface area is 125 Å². The van der Waals surface area contributed by atoms with Crippen molar-refractivity contribution in [2.24, 2.45) is 0 Å². The van der Waals surface area contributed by atoms with E-state index in [1.165, 1.54) is 25.0 Å². The van der Waals surface area contributed by atoms with Gasteiger partial charge in [-0.2, -0.15) is 0 Å². The van der Waals surface area contributed by atoms with Crippen molar-refractivity contribution in [2.45, 2.75) is 45.1 Å². The number of benzene rings is 1. The second kappa shape index (κ2) is 7.25. The van der Waals surface area contributed by atoms with Gasteiger partial charge < -0.3 is 10.0 Å². The van der Waals surface area contributed by atoms with Gasteiger partial charge in [-0.05, 0) is 31.4 Å². The summed E-state index contributed by atoms with van der Waals surface area (Å²) in [6, 6.07) is 5.17. The molecule has 1 aliphatic rings. The molecule has 1 heterocycles. The van der Waals surface area contributed by atoms with Crippen LogP contribution in [0.25, 0.3) is 6.08 Å². The number of hydrogen-bond donors (Lipinski definition) is 1. The van der Waals surface area contributed by atoms with Gasteiger partial charge in [0.05, 0.1) is 5.69 Å². The molecule has 1 aromatic rings. The number of halogens is 1. The first-order chi connectivity index (χ1) is 10.1. The maximum Gasteiger partial charge on any atom is 0.328 e. The average molecular weight is 291 g/mol. The van der Waals surface area contributed by atoms with Crippen molar-refractivity contribution < 1.29 is 14.3 Å². The Kier molecular flexibility index (Phi) is 5.37. The normalized spacial score (nSPS) is 19.7. The van der Waals surface area contributed by atoms with Gasteiger partial charge in [0.15, 0.2) is 0 Å². The maximum atomic E-state index is 14.4. The molecule has 0 aromatic heterocycles. The van der Waals surface area contributed by atoms with Gasteiger partial charge >= 0.3 is 5.97 Å². The topological polar surface area (TPSA) is 40.5 Å². The molecule has 4 heteroatoms. The van der Waals surface area contributed by atoms with Gasteiger partial charge in [-0.1, -0.05) is 31.9 Å². The lowest BCUT2D eigenvalue weighted by molar-refractivity contribution is -0.131. The lowest BCUT2D eigenvalue weighted by Crippen LogP contribution is -2.35. The van der Waals surface area contributed by atoms with Crippen LogP contribution < -0.4 is 4.90 Å². The van der Waals surface area contributed by atoms with Crippen LogP contribution in [0.2, 0.25) is 0 Å². The van der Waals surface area contributed by atoms with Crippen LogP contribution in [0.4, 0.5) is 10.1 Å². The zero-order chi connectivity index (χ0) is 15.2. The first kappa shape index (κ1) is 15.5. The number of anilines is 1. The highest BCUT2D eigenvalue weighted by molar-refractivity contribution is 5.87. The molecule has 0 amide bonds. The molecule has 1 saturated heterocycles. The summed E-state index contributed by atoms with van der Waals surface area (Å²) in [7, 11) is 0. The minimum atomic E-state index is -1.02.